The number of nitrogens with one attached hydrogen (secondary N) is 1. The molecule has 1 atom stereocenters. The third kappa shape index (κ3) is 4.35. The van der Waals surface area contributed by atoms with E-state index in [1.54, 1.807) is 23.7 Å². The van der Waals surface area contributed by atoms with Crippen LogP contribution in [0.15, 0.2) is 72.7 Å². The first-order valence-corrected chi connectivity index (χ1v) is 10.6. The minimum atomic E-state index is -0.594. The molecule has 3 aromatic rings. The molecule has 9 heteroatoms. The number of hydrogen-bond acceptors (Lipinski definition) is 6. The molecule has 0 amide bonds. The zero-order valence-corrected chi connectivity index (χ0v) is 18.7. The topological polar surface area (TPSA) is 78.3 Å². The fourth-order valence-corrected chi connectivity index (χ4v) is 3.95. The Balaban J connectivity index is 1.72. The van der Waals surface area contributed by atoms with Crippen LogP contribution >= 0.6 is 23.2 Å². The van der Waals surface area contributed by atoms with Crippen molar-refractivity contribution in [3.8, 4) is 5.75 Å². The van der Waals surface area contributed by atoms with Crippen LogP contribution < -0.4 is 10.1 Å². The van der Waals surface area contributed by atoms with Gasteiger partial charge in [-0.05, 0) is 25.1 Å². The lowest BCUT2D eigenvalue weighted by Gasteiger charge is -2.29. The third-order valence-electron chi connectivity index (χ3n) is 4.96. The molecular weight excluding hydrogens is 451 g/mol. The van der Waals surface area contributed by atoms with Crippen molar-refractivity contribution in [2.24, 2.45) is 0 Å². The Kier molecular flexibility index (Phi) is 6.48. The number of anilines is 1. The lowest BCUT2D eigenvalue weighted by atomic mass is 9.95. The van der Waals surface area contributed by atoms with E-state index in [0.717, 1.165) is 11.1 Å². The van der Waals surface area contributed by atoms with Crippen LogP contribution in [0.25, 0.3) is 0 Å². The minimum Gasteiger partial charge on any atom is -0.488 e. The van der Waals surface area contributed by atoms with Gasteiger partial charge in [0.05, 0.1) is 5.57 Å². The van der Waals surface area contributed by atoms with Crippen molar-refractivity contribution in [3.63, 3.8) is 0 Å². The Labute approximate surface area is 195 Å². The largest absolute Gasteiger partial charge is 0.488 e. The van der Waals surface area contributed by atoms with Gasteiger partial charge in [-0.3, -0.25) is 0 Å². The number of carbonyl (C=O) groups is 1. The molecule has 1 unspecified atom stereocenters. The van der Waals surface area contributed by atoms with E-state index in [-0.39, 0.29) is 13.2 Å². The quantitative estimate of drug-likeness (QED) is 0.378. The molecule has 164 valence electrons. The van der Waals surface area contributed by atoms with Gasteiger partial charge in [0.25, 0.3) is 0 Å². The number of para-hydroxylation sites is 1. The van der Waals surface area contributed by atoms with Crippen LogP contribution in [-0.4, -0.2) is 27.3 Å². The Morgan fingerprint density at radius 3 is 2.88 bits per heavy atom. The highest BCUT2D eigenvalue weighted by molar-refractivity contribution is 6.35. The summed E-state index contributed by atoms with van der Waals surface area (Å²) in [6, 6.07) is 12.1. The van der Waals surface area contributed by atoms with Gasteiger partial charge in [-0.15, -0.1) is 0 Å². The van der Waals surface area contributed by atoms with Crippen LogP contribution in [0.5, 0.6) is 5.75 Å². The molecule has 0 aliphatic carbocycles. The van der Waals surface area contributed by atoms with E-state index in [4.69, 9.17) is 32.7 Å². The second-order valence-corrected chi connectivity index (χ2v) is 7.89. The maximum Gasteiger partial charge on any atom is 0.338 e. The molecule has 4 rings (SSSR count). The summed E-state index contributed by atoms with van der Waals surface area (Å²) in [6.45, 7) is 5.72. The average molecular weight is 471 g/mol. The third-order valence-corrected chi connectivity index (χ3v) is 5.55. The summed E-state index contributed by atoms with van der Waals surface area (Å²) in [6.07, 6.45) is 2.95. The molecule has 0 bridgehead atoms. The van der Waals surface area contributed by atoms with Gasteiger partial charge in [0.2, 0.25) is 5.95 Å². The molecule has 1 aromatic heterocycles. The zero-order valence-electron chi connectivity index (χ0n) is 17.2. The Bertz CT molecular complexity index is 1210. The molecule has 0 saturated carbocycles. The number of allylic oxidation sites excluding steroid dienone is 1. The van der Waals surface area contributed by atoms with Crippen LogP contribution in [0.4, 0.5) is 5.95 Å². The summed E-state index contributed by atoms with van der Waals surface area (Å²) < 4.78 is 13.1. The second kappa shape index (κ2) is 9.46. The van der Waals surface area contributed by atoms with Gasteiger partial charge in [0.15, 0.2) is 0 Å². The number of fused-ring (bicyclic) bond motifs is 1. The first kappa shape index (κ1) is 21.9. The van der Waals surface area contributed by atoms with Crippen LogP contribution in [0.1, 0.15) is 24.1 Å². The highest BCUT2D eigenvalue weighted by Crippen LogP contribution is 2.39. The average Bonchev–Trinajstić information content (AvgIpc) is 3.24. The van der Waals surface area contributed by atoms with Crippen LogP contribution in [-0.2, 0) is 16.1 Å². The number of aromatic nitrogens is 3. The standard InChI is InChI=1S/C23H20Cl2N4O3/c1-3-10-31-22(30)20-14(2)28-23-26-13-27-29(23)21(20)17-6-4-5-7-19(17)32-12-15-8-9-16(24)11-18(15)25/h3-9,11,13,21H,1,10,12H2,2H3,(H,26,27,28). The first-order valence-electron chi connectivity index (χ1n) is 9.80. The van der Waals surface area contributed by atoms with Gasteiger partial charge in [-0.2, -0.15) is 10.1 Å². The predicted molar refractivity (Wildman–Crippen MR) is 123 cm³/mol. The van der Waals surface area contributed by atoms with Crippen molar-refractivity contribution in [2.45, 2.75) is 19.6 Å². The van der Waals surface area contributed by atoms with Crippen molar-refractivity contribution < 1.29 is 14.3 Å². The lowest BCUT2D eigenvalue weighted by Crippen LogP contribution is -2.30. The van der Waals surface area contributed by atoms with Crippen molar-refractivity contribution in [2.75, 3.05) is 11.9 Å². The zero-order chi connectivity index (χ0) is 22.7. The summed E-state index contributed by atoms with van der Waals surface area (Å²) in [5.74, 6) is 0.619. The predicted octanol–water partition coefficient (Wildman–Crippen LogP) is 5.18. The smallest absolute Gasteiger partial charge is 0.338 e. The van der Waals surface area contributed by atoms with Gasteiger partial charge in [-0.25, -0.2) is 9.48 Å². The van der Waals surface area contributed by atoms with Crippen LogP contribution in [0.2, 0.25) is 10.0 Å². The lowest BCUT2D eigenvalue weighted by molar-refractivity contribution is -0.138. The number of nitrogens with zero attached hydrogens (tertiary/aromatic N) is 3. The molecule has 1 aliphatic heterocycles. The summed E-state index contributed by atoms with van der Waals surface area (Å²) >= 11 is 12.3. The Morgan fingerprint density at radius 2 is 2.09 bits per heavy atom. The number of hydrogen-bond donors (Lipinski definition) is 1. The molecule has 0 saturated heterocycles. The summed E-state index contributed by atoms with van der Waals surface area (Å²) in [7, 11) is 0. The van der Waals surface area contributed by atoms with Crippen molar-refractivity contribution >= 4 is 35.1 Å². The summed E-state index contributed by atoms with van der Waals surface area (Å²) in [5.41, 5.74) is 2.55. The van der Waals surface area contributed by atoms with Crippen molar-refractivity contribution in [1.82, 2.24) is 14.8 Å². The van der Waals surface area contributed by atoms with Gasteiger partial charge < -0.3 is 14.8 Å². The van der Waals surface area contributed by atoms with E-state index < -0.39 is 12.0 Å². The number of esters is 1. The molecule has 2 heterocycles. The van der Waals surface area contributed by atoms with E-state index in [1.165, 1.54) is 12.4 Å². The summed E-state index contributed by atoms with van der Waals surface area (Å²) in [4.78, 5) is 17.2. The normalized spacial score (nSPS) is 15.0. The molecule has 0 radical (unpaired) electrons. The number of ether oxygens (including phenoxy) is 2. The maximum absolute atomic E-state index is 12.9. The fourth-order valence-electron chi connectivity index (χ4n) is 3.49. The van der Waals surface area contributed by atoms with E-state index in [9.17, 15) is 4.79 Å². The van der Waals surface area contributed by atoms with Gasteiger partial charge in [0, 0.05) is 26.9 Å². The molecule has 0 fully saturated rings. The van der Waals surface area contributed by atoms with E-state index in [0.29, 0.717) is 33.0 Å². The second-order valence-electron chi connectivity index (χ2n) is 7.04. The highest BCUT2D eigenvalue weighted by atomic mass is 35.5. The molecule has 0 spiro atoms. The Hall–Kier alpha value is -3.29. The van der Waals surface area contributed by atoms with Gasteiger partial charge in [0.1, 0.15) is 31.3 Å². The maximum atomic E-state index is 12.9. The molecule has 32 heavy (non-hydrogen) atoms. The number of rotatable bonds is 7. The number of benzene rings is 2. The minimum absolute atomic E-state index is 0.0970. The van der Waals surface area contributed by atoms with Crippen LogP contribution in [0, 0.1) is 0 Å². The van der Waals surface area contributed by atoms with Crippen molar-refractivity contribution in [3.05, 3.63) is 93.9 Å². The van der Waals surface area contributed by atoms with Crippen molar-refractivity contribution in [1.29, 1.82) is 0 Å². The first-order chi connectivity index (χ1) is 15.5. The molecule has 1 N–H and O–H groups in total. The summed E-state index contributed by atoms with van der Waals surface area (Å²) in [5, 5.41) is 8.51. The molecule has 2 aromatic carbocycles. The van der Waals surface area contributed by atoms with E-state index >= 15 is 0 Å². The van der Waals surface area contributed by atoms with Crippen LogP contribution in [0.3, 0.4) is 0 Å². The van der Waals surface area contributed by atoms with E-state index in [2.05, 4.69) is 22.0 Å². The fraction of sp³-hybridized carbons (Fsp3) is 0.174. The number of halogens is 2. The SMILES string of the molecule is C=CCOC(=O)C1=C(C)Nc2ncnn2C1c1ccccc1OCc1ccc(Cl)cc1Cl. The molecule has 1 aliphatic rings. The monoisotopic (exact) mass is 470 g/mol. The van der Waals surface area contributed by atoms with E-state index in [1.807, 2.05) is 30.3 Å². The highest BCUT2D eigenvalue weighted by Gasteiger charge is 2.35. The molecule has 7 nitrogen and oxygen atoms in total. The van der Waals surface area contributed by atoms with Gasteiger partial charge >= 0.3 is 5.97 Å². The molecular formula is C23H20Cl2N4O3. The number of carbonyl (C=O) groups excluding carboxylic acids is 1. The Morgan fingerprint density at radius 1 is 1.28 bits per heavy atom. The van der Waals surface area contributed by atoms with Gasteiger partial charge in [-0.1, -0.05) is 60.1 Å².